The van der Waals surface area contributed by atoms with Gasteiger partial charge in [-0.25, -0.2) is 0 Å². The number of rotatable bonds is 4. The van der Waals surface area contributed by atoms with E-state index in [1.54, 1.807) is 0 Å². The van der Waals surface area contributed by atoms with Gasteiger partial charge in [0.25, 0.3) is 0 Å². The van der Waals surface area contributed by atoms with Gasteiger partial charge in [-0.2, -0.15) is 0 Å². The number of thiocarbonyl (C=S) groups is 1. The smallest absolute Gasteiger partial charge is 0.231 e. The zero-order valence-electron chi connectivity index (χ0n) is 13.7. The molecule has 0 unspecified atom stereocenters. The van der Waals surface area contributed by atoms with Crippen LogP contribution in [-0.2, 0) is 5.41 Å². The predicted octanol–water partition coefficient (Wildman–Crippen LogP) is 3.20. The molecule has 1 heterocycles. The maximum absolute atomic E-state index is 9.70. The Morgan fingerprint density at radius 1 is 1.36 bits per heavy atom. The van der Waals surface area contributed by atoms with Gasteiger partial charge in [0.05, 0.1) is 12.3 Å². The second-order valence-corrected chi connectivity index (χ2v) is 7.76. The summed E-state index contributed by atoms with van der Waals surface area (Å²) in [6.45, 7) is 7.15. The second-order valence-electron chi connectivity index (χ2n) is 7.35. The van der Waals surface area contributed by atoms with Gasteiger partial charge in [-0.3, -0.25) is 0 Å². The van der Waals surface area contributed by atoms with Crippen molar-refractivity contribution in [3.8, 4) is 0 Å². The van der Waals surface area contributed by atoms with Crippen molar-refractivity contribution in [1.82, 2.24) is 10.5 Å². The molecule has 1 saturated carbocycles. The summed E-state index contributed by atoms with van der Waals surface area (Å²) in [6, 6.07) is 1.87. The molecule has 0 saturated heterocycles. The first-order valence-electron chi connectivity index (χ1n) is 7.98. The number of nitrogens with zero attached hydrogens (tertiary/aromatic N) is 1. The van der Waals surface area contributed by atoms with Gasteiger partial charge in [0.15, 0.2) is 5.11 Å². The highest BCUT2D eigenvalue weighted by atomic mass is 32.1. The highest BCUT2D eigenvalue weighted by Crippen LogP contribution is 2.35. The SMILES string of the molecule is CC(C)(C)c1cc(NC(=S)NCC2(CO)CCCCC2)on1. The van der Waals surface area contributed by atoms with Crippen LogP contribution in [0.15, 0.2) is 10.6 Å². The molecule has 1 aromatic rings. The van der Waals surface area contributed by atoms with E-state index in [1.807, 2.05) is 6.07 Å². The van der Waals surface area contributed by atoms with Gasteiger partial charge in [0.1, 0.15) is 0 Å². The fourth-order valence-corrected chi connectivity index (χ4v) is 2.98. The number of nitrogens with one attached hydrogen (secondary N) is 2. The summed E-state index contributed by atoms with van der Waals surface area (Å²) in [5.41, 5.74) is 0.792. The lowest BCUT2D eigenvalue weighted by atomic mass is 9.74. The molecule has 6 heteroatoms. The molecular weight excluding hydrogens is 298 g/mol. The summed E-state index contributed by atoms with van der Waals surface area (Å²) >= 11 is 5.31. The number of hydrogen-bond acceptors (Lipinski definition) is 4. The van der Waals surface area contributed by atoms with Crippen molar-refractivity contribution >= 4 is 23.2 Å². The molecule has 2 rings (SSSR count). The zero-order chi connectivity index (χ0) is 16.2. The Morgan fingerprint density at radius 2 is 2.05 bits per heavy atom. The minimum atomic E-state index is -0.0540. The van der Waals surface area contributed by atoms with Gasteiger partial charge in [0.2, 0.25) is 5.88 Å². The number of hydrogen-bond donors (Lipinski definition) is 3. The van der Waals surface area contributed by atoms with Crippen LogP contribution in [0.4, 0.5) is 5.88 Å². The van der Waals surface area contributed by atoms with Crippen LogP contribution >= 0.6 is 12.2 Å². The van der Waals surface area contributed by atoms with Crippen molar-refractivity contribution in [1.29, 1.82) is 0 Å². The number of anilines is 1. The average molecular weight is 325 g/mol. The molecular formula is C16H27N3O2S. The van der Waals surface area contributed by atoms with Crippen LogP contribution in [0.3, 0.4) is 0 Å². The second kappa shape index (κ2) is 6.96. The van der Waals surface area contributed by atoms with Crippen LogP contribution in [-0.4, -0.2) is 28.5 Å². The zero-order valence-corrected chi connectivity index (χ0v) is 14.6. The highest BCUT2D eigenvalue weighted by Gasteiger charge is 2.31. The maximum atomic E-state index is 9.70. The van der Waals surface area contributed by atoms with E-state index in [2.05, 4.69) is 36.6 Å². The Morgan fingerprint density at radius 3 is 2.59 bits per heavy atom. The highest BCUT2D eigenvalue weighted by molar-refractivity contribution is 7.80. The predicted molar refractivity (Wildman–Crippen MR) is 92.0 cm³/mol. The first kappa shape index (κ1) is 17.2. The molecule has 3 N–H and O–H groups in total. The molecule has 1 aliphatic carbocycles. The quantitative estimate of drug-likeness (QED) is 0.739. The van der Waals surface area contributed by atoms with Gasteiger partial charge < -0.3 is 20.3 Å². The van der Waals surface area contributed by atoms with E-state index in [4.69, 9.17) is 16.7 Å². The molecule has 1 aliphatic rings. The number of aromatic nitrogens is 1. The Labute approximate surface area is 137 Å². The normalized spacial score (nSPS) is 18.0. The Bertz CT molecular complexity index is 502. The van der Waals surface area contributed by atoms with Crippen LogP contribution < -0.4 is 10.6 Å². The molecule has 0 radical (unpaired) electrons. The van der Waals surface area contributed by atoms with Crippen molar-refractivity contribution in [2.75, 3.05) is 18.5 Å². The summed E-state index contributed by atoms with van der Waals surface area (Å²) < 4.78 is 5.27. The number of aliphatic hydroxyl groups is 1. The van der Waals surface area contributed by atoms with Crippen LogP contribution in [0.5, 0.6) is 0 Å². The van der Waals surface area contributed by atoms with Crippen LogP contribution in [0.1, 0.15) is 58.6 Å². The summed E-state index contributed by atoms with van der Waals surface area (Å²) in [6.07, 6.45) is 5.72. The average Bonchev–Trinajstić information content (AvgIpc) is 2.95. The standard InChI is InChI=1S/C16H27N3O2S/c1-15(2,3)12-9-13(21-19-12)18-14(22)17-10-16(11-20)7-5-4-6-8-16/h9,20H,4-8,10-11H2,1-3H3,(H2,17,18,22). The van der Waals surface area contributed by atoms with Crippen LogP contribution in [0.2, 0.25) is 0 Å². The van der Waals surface area contributed by atoms with E-state index in [-0.39, 0.29) is 17.4 Å². The minimum Gasteiger partial charge on any atom is -0.396 e. The molecule has 0 bridgehead atoms. The lowest BCUT2D eigenvalue weighted by Crippen LogP contribution is -2.42. The van der Waals surface area contributed by atoms with Gasteiger partial charge in [-0.1, -0.05) is 45.2 Å². The lowest BCUT2D eigenvalue weighted by Gasteiger charge is -2.35. The van der Waals surface area contributed by atoms with Crippen molar-refractivity contribution in [3.05, 3.63) is 11.8 Å². The molecule has 1 fully saturated rings. The monoisotopic (exact) mass is 325 g/mol. The summed E-state index contributed by atoms with van der Waals surface area (Å²) in [7, 11) is 0. The van der Waals surface area contributed by atoms with E-state index >= 15 is 0 Å². The van der Waals surface area contributed by atoms with E-state index in [9.17, 15) is 5.11 Å². The van der Waals surface area contributed by atoms with Gasteiger partial charge in [-0.05, 0) is 25.1 Å². The summed E-state index contributed by atoms with van der Waals surface area (Å²) in [4.78, 5) is 0. The third-order valence-electron chi connectivity index (χ3n) is 4.39. The third kappa shape index (κ3) is 4.43. The van der Waals surface area contributed by atoms with Gasteiger partial charge in [0, 0.05) is 23.4 Å². The fourth-order valence-electron chi connectivity index (χ4n) is 2.80. The molecule has 0 aliphatic heterocycles. The fraction of sp³-hybridized carbons (Fsp3) is 0.750. The first-order valence-corrected chi connectivity index (χ1v) is 8.38. The van der Waals surface area contributed by atoms with E-state index in [1.165, 1.54) is 19.3 Å². The molecule has 22 heavy (non-hydrogen) atoms. The lowest BCUT2D eigenvalue weighted by molar-refractivity contribution is 0.0861. The summed E-state index contributed by atoms with van der Waals surface area (Å²) in [5.74, 6) is 0.545. The third-order valence-corrected chi connectivity index (χ3v) is 4.64. The van der Waals surface area contributed by atoms with Crippen LogP contribution in [0, 0.1) is 5.41 Å². The van der Waals surface area contributed by atoms with Crippen molar-refractivity contribution in [2.24, 2.45) is 5.41 Å². The first-order chi connectivity index (χ1) is 10.3. The molecule has 0 atom stereocenters. The maximum Gasteiger partial charge on any atom is 0.231 e. The molecule has 1 aromatic heterocycles. The van der Waals surface area contributed by atoms with Crippen molar-refractivity contribution in [3.63, 3.8) is 0 Å². The molecule has 0 amide bonds. The van der Waals surface area contributed by atoms with E-state index in [0.29, 0.717) is 17.5 Å². The molecule has 0 spiro atoms. The van der Waals surface area contributed by atoms with E-state index in [0.717, 1.165) is 18.5 Å². The molecule has 5 nitrogen and oxygen atoms in total. The van der Waals surface area contributed by atoms with Crippen molar-refractivity contribution in [2.45, 2.75) is 58.3 Å². The van der Waals surface area contributed by atoms with Gasteiger partial charge in [-0.15, -0.1) is 0 Å². The Kier molecular flexibility index (Phi) is 5.45. The topological polar surface area (TPSA) is 70.3 Å². The van der Waals surface area contributed by atoms with E-state index < -0.39 is 0 Å². The van der Waals surface area contributed by atoms with Crippen molar-refractivity contribution < 1.29 is 9.63 Å². The summed E-state index contributed by atoms with van der Waals surface area (Å²) in [5, 5.41) is 20.5. The Hall–Kier alpha value is -1.14. The Balaban J connectivity index is 1.86. The minimum absolute atomic E-state index is 0.0397. The largest absolute Gasteiger partial charge is 0.396 e. The van der Waals surface area contributed by atoms with Crippen LogP contribution in [0.25, 0.3) is 0 Å². The van der Waals surface area contributed by atoms with Gasteiger partial charge >= 0.3 is 0 Å². The molecule has 0 aromatic carbocycles. The number of aliphatic hydroxyl groups excluding tert-OH is 1. The molecule has 124 valence electrons.